The molecule has 0 aliphatic carbocycles. The quantitative estimate of drug-likeness (QED) is 0.625. The maximum Gasteiger partial charge on any atom is 0.321 e. The van der Waals surface area contributed by atoms with Crippen LogP contribution in [0.15, 0.2) is 53.3 Å². The van der Waals surface area contributed by atoms with E-state index in [9.17, 15) is 9.59 Å². The Morgan fingerprint density at radius 3 is 2.61 bits per heavy atom. The topological polar surface area (TPSA) is 79.7 Å². The molecule has 1 unspecified atom stereocenters. The van der Waals surface area contributed by atoms with E-state index in [1.807, 2.05) is 60.4 Å². The Morgan fingerprint density at radius 2 is 1.88 bits per heavy atom. The normalized spacial score (nSPS) is 15.5. The second-order valence-electron chi connectivity index (χ2n) is 8.44. The number of nitrogens with zero attached hydrogens (tertiary/aromatic N) is 4. The molecule has 1 aliphatic heterocycles. The van der Waals surface area contributed by atoms with Crippen LogP contribution in [-0.2, 0) is 11.3 Å². The maximum absolute atomic E-state index is 13.2. The Balaban J connectivity index is 1.48. The highest BCUT2D eigenvalue weighted by Crippen LogP contribution is 2.22. The lowest BCUT2D eigenvalue weighted by Gasteiger charge is -2.38. The molecule has 174 valence electrons. The number of anilines is 1. The van der Waals surface area contributed by atoms with Crippen LogP contribution >= 0.6 is 0 Å². The summed E-state index contributed by atoms with van der Waals surface area (Å²) in [5.41, 5.74) is 2.57. The third kappa shape index (κ3) is 5.07. The van der Waals surface area contributed by atoms with Crippen molar-refractivity contribution in [2.45, 2.75) is 26.4 Å². The van der Waals surface area contributed by atoms with Crippen molar-refractivity contribution in [3.63, 3.8) is 0 Å². The fourth-order valence-corrected chi connectivity index (χ4v) is 4.30. The van der Waals surface area contributed by atoms with E-state index in [1.165, 1.54) is 0 Å². The third-order valence-electron chi connectivity index (χ3n) is 6.20. The van der Waals surface area contributed by atoms with Gasteiger partial charge in [0, 0.05) is 39.0 Å². The van der Waals surface area contributed by atoms with Gasteiger partial charge in [0.2, 0.25) is 0 Å². The van der Waals surface area contributed by atoms with Gasteiger partial charge in [-0.25, -0.2) is 9.78 Å². The molecule has 0 bridgehead atoms. The predicted molar refractivity (Wildman–Crippen MR) is 130 cm³/mol. The van der Waals surface area contributed by atoms with E-state index in [2.05, 4.69) is 17.1 Å². The number of carbonyl (C=O) groups is 1. The largest absolute Gasteiger partial charge is 0.383 e. The summed E-state index contributed by atoms with van der Waals surface area (Å²) in [5, 5.41) is 3.60. The first-order valence-electron chi connectivity index (χ1n) is 11.3. The standard InChI is InChI=1S/C25H31N5O3/c1-18-7-6-8-20(17-18)26-25(32)29-13-11-28(12-14-29)19(2)23-27-22-10-5-4-9-21(22)24(31)30(23)15-16-33-3/h4-10,17,19H,11-16H2,1-3H3,(H,26,32). The molecule has 1 aliphatic rings. The number of urea groups is 1. The molecule has 4 rings (SSSR count). The first kappa shape index (κ1) is 22.9. The van der Waals surface area contributed by atoms with Gasteiger partial charge in [0.15, 0.2) is 0 Å². The van der Waals surface area contributed by atoms with Crippen LogP contribution < -0.4 is 10.9 Å². The molecule has 33 heavy (non-hydrogen) atoms. The van der Waals surface area contributed by atoms with Crippen molar-refractivity contribution in [3.8, 4) is 0 Å². The first-order chi connectivity index (χ1) is 16.0. The van der Waals surface area contributed by atoms with Crippen LogP contribution in [0.1, 0.15) is 24.4 Å². The number of piperazine rings is 1. The van der Waals surface area contributed by atoms with E-state index in [-0.39, 0.29) is 17.6 Å². The molecule has 2 aromatic carbocycles. The van der Waals surface area contributed by atoms with E-state index in [4.69, 9.17) is 9.72 Å². The number of fused-ring (bicyclic) bond motifs is 1. The van der Waals surface area contributed by atoms with Gasteiger partial charge in [0.25, 0.3) is 5.56 Å². The van der Waals surface area contributed by atoms with Crippen molar-refractivity contribution in [2.24, 2.45) is 0 Å². The van der Waals surface area contributed by atoms with E-state index < -0.39 is 0 Å². The maximum atomic E-state index is 13.2. The van der Waals surface area contributed by atoms with Crippen molar-refractivity contribution in [3.05, 3.63) is 70.3 Å². The summed E-state index contributed by atoms with van der Waals surface area (Å²) >= 11 is 0. The van der Waals surface area contributed by atoms with Gasteiger partial charge in [0.1, 0.15) is 5.82 Å². The molecule has 0 saturated carbocycles. The van der Waals surface area contributed by atoms with Gasteiger partial charge in [-0.15, -0.1) is 0 Å². The number of benzene rings is 2. The van der Waals surface area contributed by atoms with Crippen LogP contribution in [0.2, 0.25) is 0 Å². The Bertz CT molecular complexity index is 1180. The molecule has 0 radical (unpaired) electrons. The smallest absolute Gasteiger partial charge is 0.321 e. The van der Waals surface area contributed by atoms with Crippen LogP contribution in [0.25, 0.3) is 10.9 Å². The molecule has 1 atom stereocenters. The van der Waals surface area contributed by atoms with Gasteiger partial charge in [-0.2, -0.15) is 0 Å². The minimum Gasteiger partial charge on any atom is -0.383 e. The minimum absolute atomic E-state index is 0.0457. The highest BCUT2D eigenvalue weighted by molar-refractivity contribution is 5.89. The van der Waals surface area contributed by atoms with Crippen LogP contribution in [0.3, 0.4) is 0 Å². The molecule has 2 heterocycles. The number of amides is 2. The molecule has 1 N–H and O–H groups in total. The number of ether oxygens (including phenoxy) is 1. The molecular weight excluding hydrogens is 418 g/mol. The molecule has 0 spiro atoms. The minimum atomic E-state index is -0.0891. The molecule has 8 nitrogen and oxygen atoms in total. The average molecular weight is 450 g/mol. The first-order valence-corrected chi connectivity index (χ1v) is 11.3. The number of carbonyl (C=O) groups excluding carboxylic acids is 1. The summed E-state index contributed by atoms with van der Waals surface area (Å²) in [6, 6.07) is 15.1. The fraction of sp³-hybridized carbons (Fsp3) is 0.400. The van der Waals surface area contributed by atoms with Gasteiger partial charge >= 0.3 is 6.03 Å². The number of methoxy groups -OCH3 is 1. The van der Waals surface area contributed by atoms with Crippen molar-refractivity contribution in [1.82, 2.24) is 19.4 Å². The number of hydrogen-bond acceptors (Lipinski definition) is 5. The highest BCUT2D eigenvalue weighted by Gasteiger charge is 2.27. The van der Waals surface area contributed by atoms with Gasteiger partial charge < -0.3 is 15.0 Å². The van der Waals surface area contributed by atoms with E-state index in [1.54, 1.807) is 11.7 Å². The summed E-state index contributed by atoms with van der Waals surface area (Å²) in [6.07, 6.45) is 0. The third-order valence-corrected chi connectivity index (χ3v) is 6.20. The van der Waals surface area contributed by atoms with Crippen LogP contribution in [-0.4, -0.2) is 65.3 Å². The summed E-state index contributed by atoms with van der Waals surface area (Å²) < 4.78 is 6.97. The Hall–Kier alpha value is -3.23. The van der Waals surface area contributed by atoms with E-state index in [0.29, 0.717) is 50.2 Å². The van der Waals surface area contributed by atoms with Crippen LogP contribution in [0.5, 0.6) is 0 Å². The van der Waals surface area contributed by atoms with Crippen molar-refractivity contribution < 1.29 is 9.53 Å². The second kappa shape index (κ2) is 10.1. The number of hydrogen-bond donors (Lipinski definition) is 1. The molecule has 2 amide bonds. The Labute approximate surface area is 193 Å². The molecular formula is C25H31N5O3. The van der Waals surface area contributed by atoms with Gasteiger partial charge in [0.05, 0.1) is 30.1 Å². The lowest BCUT2D eigenvalue weighted by atomic mass is 10.1. The molecule has 1 saturated heterocycles. The van der Waals surface area contributed by atoms with Gasteiger partial charge in [-0.3, -0.25) is 14.3 Å². The lowest BCUT2D eigenvalue weighted by molar-refractivity contribution is 0.112. The van der Waals surface area contributed by atoms with Gasteiger partial charge in [-0.05, 0) is 43.7 Å². The lowest BCUT2D eigenvalue weighted by Crippen LogP contribution is -2.51. The van der Waals surface area contributed by atoms with E-state index in [0.717, 1.165) is 17.1 Å². The zero-order valence-electron chi connectivity index (χ0n) is 19.5. The zero-order chi connectivity index (χ0) is 23.4. The van der Waals surface area contributed by atoms with Crippen LogP contribution in [0.4, 0.5) is 10.5 Å². The Morgan fingerprint density at radius 1 is 1.12 bits per heavy atom. The predicted octanol–water partition coefficient (Wildman–Crippen LogP) is 3.26. The van der Waals surface area contributed by atoms with Gasteiger partial charge in [-0.1, -0.05) is 24.3 Å². The molecule has 1 aromatic heterocycles. The van der Waals surface area contributed by atoms with Crippen molar-refractivity contribution in [2.75, 3.05) is 45.2 Å². The van der Waals surface area contributed by atoms with E-state index >= 15 is 0 Å². The number of para-hydroxylation sites is 1. The highest BCUT2D eigenvalue weighted by atomic mass is 16.5. The average Bonchev–Trinajstić information content (AvgIpc) is 2.83. The van der Waals surface area contributed by atoms with Crippen LogP contribution in [0, 0.1) is 6.92 Å². The monoisotopic (exact) mass is 449 g/mol. The summed E-state index contributed by atoms with van der Waals surface area (Å²) in [4.78, 5) is 34.8. The number of nitrogens with one attached hydrogen (secondary N) is 1. The number of aromatic nitrogens is 2. The molecule has 8 heteroatoms. The zero-order valence-corrected chi connectivity index (χ0v) is 19.5. The second-order valence-corrected chi connectivity index (χ2v) is 8.44. The molecule has 3 aromatic rings. The summed E-state index contributed by atoms with van der Waals surface area (Å²) in [6.45, 7) is 7.59. The summed E-state index contributed by atoms with van der Waals surface area (Å²) in [7, 11) is 1.63. The Kier molecular flexibility index (Phi) is 7.05. The van der Waals surface area contributed by atoms with Crippen molar-refractivity contribution in [1.29, 1.82) is 0 Å². The molecule has 1 fully saturated rings. The number of aryl methyl sites for hydroxylation is 1. The van der Waals surface area contributed by atoms with Crippen molar-refractivity contribution >= 4 is 22.6 Å². The summed E-state index contributed by atoms with van der Waals surface area (Å²) in [5.74, 6) is 0.730. The number of rotatable bonds is 6. The SMILES string of the molecule is COCCn1c(C(C)N2CCN(C(=O)Nc3cccc(C)c3)CC2)nc2ccccc2c1=O. The fourth-order valence-electron chi connectivity index (χ4n) is 4.30.